The molecule has 0 unspecified atom stereocenters. The van der Waals surface area contributed by atoms with Gasteiger partial charge in [-0.1, -0.05) is 18.2 Å². The minimum absolute atomic E-state index is 0.261. The van der Waals surface area contributed by atoms with Crippen LogP contribution in [0, 0.1) is 0 Å². The molecular weight excluding hydrogens is 280 g/mol. The molecule has 3 rings (SSSR count). The number of aromatic nitrogens is 3. The molecule has 0 atom stereocenters. The fourth-order valence-electron chi connectivity index (χ4n) is 2.44. The summed E-state index contributed by atoms with van der Waals surface area (Å²) in [6.45, 7) is 6.17. The lowest BCUT2D eigenvalue weighted by molar-refractivity contribution is 0.0529. The Labute approximate surface area is 127 Å². The van der Waals surface area contributed by atoms with E-state index in [1.807, 2.05) is 24.3 Å². The number of allylic oxidation sites excluding steroid dienone is 1. The van der Waals surface area contributed by atoms with Gasteiger partial charge in [-0.25, -0.2) is 14.8 Å². The molecule has 112 valence electrons. The molecule has 0 amide bonds. The normalized spacial score (nSPS) is 11.0. The van der Waals surface area contributed by atoms with Gasteiger partial charge in [-0.15, -0.1) is 6.58 Å². The Kier molecular flexibility index (Phi) is 3.50. The number of ether oxygens (including phenoxy) is 1. The standard InChI is InChI=1S/C16H16N4O2/c1-3-9-20-14(17)12(16(21)22-4-2)13-15(20)19-11-8-6-5-7-10(11)18-13/h3,5-8H,1,4,9,17H2,2H3. The third kappa shape index (κ3) is 2.09. The number of fused-ring (bicyclic) bond motifs is 2. The maximum atomic E-state index is 12.2. The molecule has 0 spiro atoms. The maximum absolute atomic E-state index is 12.2. The first-order valence-corrected chi connectivity index (χ1v) is 6.99. The second-order valence-corrected chi connectivity index (χ2v) is 4.76. The third-order valence-electron chi connectivity index (χ3n) is 3.38. The zero-order valence-corrected chi connectivity index (χ0v) is 12.2. The predicted octanol–water partition coefficient (Wildman–Crippen LogP) is 2.53. The average Bonchev–Trinajstić information content (AvgIpc) is 2.78. The molecule has 0 bridgehead atoms. The quantitative estimate of drug-likeness (QED) is 0.591. The van der Waals surface area contributed by atoms with Crippen LogP contribution >= 0.6 is 0 Å². The Morgan fingerprint density at radius 1 is 1.36 bits per heavy atom. The summed E-state index contributed by atoms with van der Waals surface area (Å²) in [6.07, 6.45) is 1.70. The van der Waals surface area contributed by atoms with Crippen LogP contribution in [0.2, 0.25) is 0 Å². The van der Waals surface area contributed by atoms with Crippen molar-refractivity contribution < 1.29 is 9.53 Å². The largest absolute Gasteiger partial charge is 0.462 e. The van der Waals surface area contributed by atoms with E-state index in [1.165, 1.54) is 0 Å². The Hall–Kier alpha value is -2.89. The van der Waals surface area contributed by atoms with E-state index in [0.29, 0.717) is 29.0 Å². The first-order chi connectivity index (χ1) is 10.7. The molecule has 0 aliphatic heterocycles. The summed E-state index contributed by atoms with van der Waals surface area (Å²) >= 11 is 0. The van der Waals surface area contributed by atoms with Gasteiger partial charge >= 0.3 is 5.97 Å². The van der Waals surface area contributed by atoms with Crippen LogP contribution in [0.5, 0.6) is 0 Å². The zero-order chi connectivity index (χ0) is 15.7. The van der Waals surface area contributed by atoms with E-state index in [4.69, 9.17) is 10.5 Å². The Balaban J connectivity index is 2.37. The van der Waals surface area contributed by atoms with Gasteiger partial charge in [0, 0.05) is 6.54 Å². The summed E-state index contributed by atoms with van der Waals surface area (Å²) in [6, 6.07) is 7.47. The van der Waals surface area contributed by atoms with Crippen molar-refractivity contribution >= 4 is 34.0 Å². The first kappa shape index (κ1) is 14.1. The number of anilines is 1. The molecule has 0 saturated heterocycles. The molecule has 6 heteroatoms. The molecule has 2 N–H and O–H groups in total. The lowest BCUT2D eigenvalue weighted by Crippen LogP contribution is -2.09. The van der Waals surface area contributed by atoms with Gasteiger partial charge in [-0.05, 0) is 19.1 Å². The number of nitrogen functional groups attached to an aromatic ring is 1. The first-order valence-electron chi connectivity index (χ1n) is 6.99. The SMILES string of the molecule is C=CCn1c(N)c(C(=O)OCC)c2nc3ccccc3nc21. The monoisotopic (exact) mass is 296 g/mol. The molecule has 0 fully saturated rings. The molecule has 0 radical (unpaired) electrons. The molecule has 1 aromatic carbocycles. The van der Waals surface area contributed by atoms with Gasteiger partial charge < -0.3 is 15.0 Å². The van der Waals surface area contributed by atoms with Crippen LogP contribution in [-0.2, 0) is 11.3 Å². The summed E-state index contributed by atoms with van der Waals surface area (Å²) in [5.41, 5.74) is 8.85. The van der Waals surface area contributed by atoms with Crippen molar-refractivity contribution in [3.05, 3.63) is 42.5 Å². The van der Waals surface area contributed by atoms with E-state index >= 15 is 0 Å². The molecule has 0 aliphatic carbocycles. The maximum Gasteiger partial charge on any atom is 0.344 e. The lowest BCUT2D eigenvalue weighted by atomic mass is 10.2. The van der Waals surface area contributed by atoms with E-state index in [1.54, 1.807) is 17.6 Å². The lowest BCUT2D eigenvalue weighted by Gasteiger charge is -2.04. The van der Waals surface area contributed by atoms with Gasteiger partial charge in [0.15, 0.2) is 5.65 Å². The highest BCUT2D eigenvalue weighted by Gasteiger charge is 2.24. The second-order valence-electron chi connectivity index (χ2n) is 4.76. The number of nitrogens with zero attached hydrogens (tertiary/aromatic N) is 3. The molecule has 0 saturated carbocycles. The molecular formula is C16H16N4O2. The Morgan fingerprint density at radius 2 is 2.05 bits per heavy atom. The van der Waals surface area contributed by atoms with Gasteiger partial charge in [0.1, 0.15) is 16.9 Å². The van der Waals surface area contributed by atoms with Crippen LogP contribution in [0.25, 0.3) is 22.2 Å². The summed E-state index contributed by atoms with van der Waals surface area (Å²) < 4.78 is 6.81. The molecule has 22 heavy (non-hydrogen) atoms. The number of benzene rings is 1. The number of carbonyl (C=O) groups excluding carboxylic acids is 1. The molecule has 2 aromatic heterocycles. The van der Waals surface area contributed by atoms with E-state index in [9.17, 15) is 4.79 Å². The van der Waals surface area contributed by atoms with Crippen molar-refractivity contribution in [3.63, 3.8) is 0 Å². The van der Waals surface area contributed by atoms with Gasteiger partial charge in [0.2, 0.25) is 0 Å². The number of hydrogen-bond donors (Lipinski definition) is 1. The average molecular weight is 296 g/mol. The second kappa shape index (κ2) is 5.48. The van der Waals surface area contributed by atoms with Crippen molar-refractivity contribution in [2.45, 2.75) is 13.5 Å². The summed E-state index contributed by atoms with van der Waals surface area (Å²) in [4.78, 5) is 21.4. The molecule has 6 nitrogen and oxygen atoms in total. The van der Waals surface area contributed by atoms with E-state index in [2.05, 4.69) is 16.5 Å². The predicted molar refractivity (Wildman–Crippen MR) is 85.6 cm³/mol. The van der Waals surface area contributed by atoms with Crippen LogP contribution in [-0.4, -0.2) is 27.1 Å². The van der Waals surface area contributed by atoms with Gasteiger partial charge in [0.05, 0.1) is 17.6 Å². The topological polar surface area (TPSA) is 83.0 Å². The fourth-order valence-corrected chi connectivity index (χ4v) is 2.44. The van der Waals surface area contributed by atoms with Crippen LogP contribution in [0.3, 0.4) is 0 Å². The van der Waals surface area contributed by atoms with Crippen LogP contribution in [0.15, 0.2) is 36.9 Å². The molecule has 0 aliphatic rings. The number of hydrogen-bond acceptors (Lipinski definition) is 5. The van der Waals surface area contributed by atoms with Crippen molar-refractivity contribution in [1.82, 2.24) is 14.5 Å². The highest BCUT2D eigenvalue weighted by Crippen LogP contribution is 2.28. The molecule has 2 heterocycles. The van der Waals surface area contributed by atoms with E-state index in [0.717, 1.165) is 5.52 Å². The summed E-state index contributed by atoms with van der Waals surface area (Å²) in [5, 5.41) is 0. The van der Waals surface area contributed by atoms with Crippen LogP contribution in [0.1, 0.15) is 17.3 Å². The highest BCUT2D eigenvalue weighted by molar-refractivity contribution is 6.08. The van der Waals surface area contributed by atoms with Crippen molar-refractivity contribution in [2.75, 3.05) is 12.3 Å². The Morgan fingerprint density at radius 3 is 2.68 bits per heavy atom. The summed E-state index contributed by atoms with van der Waals surface area (Å²) in [5.74, 6) is -0.193. The number of rotatable bonds is 4. The summed E-state index contributed by atoms with van der Waals surface area (Å²) in [7, 11) is 0. The van der Waals surface area contributed by atoms with Crippen molar-refractivity contribution in [1.29, 1.82) is 0 Å². The zero-order valence-electron chi connectivity index (χ0n) is 12.2. The molecule has 3 aromatic rings. The van der Waals surface area contributed by atoms with Crippen LogP contribution < -0.4 is 5.73 Å². The van der Waals surface area contributed by atoms with Gasteiger partial charge in [0.25, 0.3) is 0 Å². The van der Waals surface area contributed by atoms with Crippen LogP contribution in [0.4, 0.5) is 5.82 Å². The highest BCUT2D eigenvalue weighted by atomic mass is 16.5. The minimum atomic E-state index is -0.489. The number of nitrogens with two attached hydrogens (primary N) is 1. The van der Waals surface area contributed by atoms with Gasteiger partial charge in [-0.3, -0.25) is 0 Å². The minimum Gasteiger partial charge on any atom is -0.462 e. The fraction of sp³-hybridized carbons (Fsp3) is 0.188. The van der Waals surface area contributed by atoms with Gasteiger partial charge in [-0.2, -0.15) is 0 Å². The smallest absolute Gasteiger partial charge is 0.344 e. The van der Waals surface area contributed by atoms with Crippen molar-refractivity contribution in [3.8, 4) is 0 Å². The number of esters is 1. The Bertz CT molecular complexity index is 883. The number of carbonyl (C=O) groups is 1. The van der Waals surface area contributed by atoms with E-state index in [-0.39, 0.29) is 12.2 Å². The number of para-hydroxylation sites is 2. The van der Waals surface area contributed by atoms with Crippen molar-refractivity contribution in [2.24, 2.45) is 0 Å². The van der Waals surface area contributed by atoms with E-state index < -0.39 is 5.97 Å². The third-order valence-corrected chi connectivity index (χ3v) is 3.38.